The van der Waals surface area contributed by atoms with Crippen molar-refractivity contribution >= 4 is 18.1 Å². The van der Waals surface area contributed by atoms with Gasteiger partial charge in [0.05, 0.1) is 0 Å². The van der Waals surface area contributed by atoms with Gasteiger partial charge in [-0.3, -0.25) is 14.5 Å². The van der Waals surface area contributed by atoms with Crippen LogP contribution in [0.1, 0.15) is 17.5 Å². The van der Waals surface area contributed by atoms with Gasteiger partial charge in [0.2, 0.25) is 5.91 Å². The normalized spacial score (nSPS) is 10.7. The fourth-order valence-electron chi connectivity index (χ4n) is 2.87. The van der Waals surface area contributed by atoms with Crippen LogP contribution in [0.15, 0.2) is 48.5 Å². The van der Waals surface area contributed by atoms with Gasteiger partial charge in [0.1, 0.15) is 5.82 Å². The van der Waals surface area contributed by atoms with E-state index in [2.05, 4.69) is 15.5 Å². The van der Waals surface area contributed by atoms with E-state index in [-0.39, 0.29) is 18.1 Å². The Balaban J connectivity index is 1.57. The number of amides is 1. The van der Waals surface area contributed by atoms with Crippen molar-refractivity contribution in [1.29, 1.82) is 0 Å². The molecule has 0 fully saturated rings. The number of aromatic amines is 1. The number of hydrogen-bond acceptors (Lipinski definition) is 3. The van der Waals surface area contributed by atoms with E-state index in [9.17, 15) is 9.18 Å². The molecule has 0 saturated heterocycles. The van der Waals surface area contributed by atoms with E-state index in [1.807, 2.05) is 35.8 Å². The minimum atomic E-state index is -0.251. The number of aryl methyl sites for hydroxylation is 1. The van der Waals surface area contributed by atoms with Crippen molar-refractivity contribution in [2.75, 3.05) is 6.54 Å². The number of benzene rings is 2. The smallest absolute Gasteiger partial charge is 0.221 e. The van der Waals surface area contributed by atoms with Crippen LogP contribution >= 0.6 is 12.2 Å². The van der Waals surface area contributed by atoms with Gasteiger partial charge in [0.15, 0.2) is 10.6 Å². The van der Waals surface area contributed by atoms with E-state index >= 15 is 0 Å². The van der Waals surface area contributed by atoms with Gasteiger partial charge in [0.25, 0.3) is 0 Å². The van der Waals surface area contributed by atoms with Gasteiger partial charge in [-0.05, 0) is 43.3 Å². The summed E-state index contributed by atoms with van der Waals surface area (Å²) >= 11 is 5.29. The first-order valence-electron chi connectivity index (χ1n) is 8.77. The van der Waals surface area contributed by atoms with Crippen molar-refractivity contribution in [3.63, 3.8) is 0 Å². The van der Waals surface area contributed by atoms with Crippen molar-refractivity contribution in [3.8, 4) is 11.4 Å². The van der Waals surface area contributed by atoms with Gasteiger partial charge in [0, 0.05) is 25.1 Å². The fourth-order valence-corrected chi connectivity index (χ4v) is 3.09. The second-order valence-corrected chi connectivity index (χ2v) is 6.70. The zero-order chi connectivity index (χ0) is 19.2. The van der Waals surface area contributed by atoms with Crippen LogP contribution in [-0.4, -0.2) is 27.2 Å². The third-order valence-corrected chi connectivity index (χ3v) is 4.58. The summed E-state index contributed by atoms with van der Waals surface area (Å²) in [4.78, 5) is 12.1. The maximum Gasteiger partial charge on any atom is 0.221 e. The number of carbonyl (C=O) groups is 1. The minimum Gasteiger partial charge on any atom is -0.356 e. The Kier molecular flexibility index (Phi) is 6.13. The molecule has 27 heavy (non-hydrogen) atoms. The number of aromatic nitrogens is 3. The van der Waals surface area contributed by atoms with Crippen molar-refractivity contribution in [2.24, 2.45) is 0 Å². The molecule has 2 aromatic carbocycles. The molecule has 3 aromatic rings. The standard InChI is InChI=1S/C20H21FN4OS/c1-14-5-4-7-16(13-14)19-23-24-20(27)25(19)12-10-18(26)22-11-9-15-6-2-3-8-17(15)21/h2-8,13H,9-12H2,1H3,(H,22,26)(H,24,27). The zero-order valence-corrected chi connectivity index (χ0v) is 15.9. The molecule has 1 amide bonds. The topological polar surface area (TPSA) is 62.7 Å². The summed E-state index contributed by atoms with van der Waals surface area (Å²) in [7, 11) is 0. The Labute approximate surface area is 162 Å². The molecule has 0 atom stereocenters. The van der Waals surface area contributed by atoms with Crippen LogP contribution in [0.2, 0.25) is 0 Å². The van der Waals surface area contributed by atoms with Crippen LogP contribution < -0.4 is 5.32 Å². The van der Waals surface area contributed by atoms with Crippen molar-refractivity contribution in [3.05, 3.63) is 70.2 Å². The lowest BCUT2D eigenvalue weighted by Gasteiger charge is -2.09. The number of rotatable bonds is 7. The summed E-state index contributed by atoms with van der Waals surface area (Å²) in [5.74, 6) is 0.353. The maximum atomic E-state index is 13.6. The Morgan fingerprint density at radius 1 is 1.26 bits per heavy atom. The molecule has 140 valence electrons. The monoisotopic (exact) mass is 384 g/mol. The predicted molar refractivity (Wildman–Crippen MR) is 105 cm³/mol. The lowest BCUT2D eigenvalue weighted by Crippen LogP contribution is -2.26. The molecular formula is C20H21FN4OS. The van der Waals surface area contributed by atoms with E-state index in [1.54, 1.807) is 18.2 Å². The van der Waals surface area contributed by atoms with Crippen LogP contribution in [0.4, 0.5) is 4.39 Å². The quantitative estimate of drug-likeness (QED) is 0.609. The zero-order valence-electron chi connectivity index (χ0n) is 15.0. The highest BCUT2D eigenvalue weighted by molar-refractivity contribution is 7.71. The van der Waals surface area contributed by atoms with Crippen LogP contribution in [0.5, 0.6) is 0 Å². The van der Waals surface area contributed by atoms with Gasteiger partial charge in [-0.15, -0.1) is 0 Å². The third-order valence-electron chi connectivity index (χ3n) is 4.27. The average molecular weight is 384 g/mol. The average Bonchev–Trinajstić information content (AvgIpc) is 3.02. The fraction of sp³-hybridized carbons (Fsp3) is 0.250. The first kappa shape index (κ1) is 19.0. The van der Waals surface area contributed by atoms with Crippen molar-refractivity contribution < 1.29 is 9.18 Å². The molecule has 0 saturated carbocycles. The van der Waals surface area contributed by atoms with E-state index in [0.29, 0.717) is 35.7 Å². The molecule has 0 aliphatic heterocycles. The van der Waals surface area contributed by atoms with Gasteiger partial charge >= 0.3 is 0 Å². The summed E-state index contributed by atoms with van der Waals surface area (Å²) in [6, 6.07) is 14.5. The van der Waals surface area contributed by atoms with E-state index in [0.717, 1.165) is 11.1 Å². The molecule has 3 rings (SSSR count). The highest BCUT2D eigenvalue weighted by Crippen LogP contribution is 2.18. The van der Waals surface area contributed by atoms with Crippen LogP contribution in [-0.2, 0) is 17.8 Å². The molecule has 0 unspecified atom stereocenters. The highest BCUT2D eigenvalue weighted by atomic mass is 32.1. The first-order chi connectivity index (χ1) is 13.0. The van der Waals surface area contributed by atoms with Crippen LogP contribution in [0.3, 0.4) is 0 Å². The van der Waals surface area contributed by atoms with E-state index < -0.39 is 0 Å². The van der Waals surface area contributed by atoms with Gasteiger partial charge in [-0.2, -0.15) is 5.10 Å². The number of halogens is 1. The van der Waals surface area contributed by atoms with Gasteiger partial charge in [-0.25, -0.2) is 4.39 Å². The molecule has 0 radical (unpaired) electrons. The number of carbonyl (C=O) groups excluding carboxylic acids is 1. The molecule has 0 spiro atoms. The Morgan fingerprint density at radius 3 is 2.85 bits per heavy atom. The summed E-state index contributed by atoms with van der Waals surface area (Å²) in [6.07, 6.45) is 0.724. The van der Waals surface area contributed by atoms with Gasteiger partial charge in [-0.1, -0.05) is 42.0 Å². The summed E-state index contributed by atoms with van der Waals surface area (Å²) in [5.41, 5.74) is 2.66. The van der Waals surface area contributed by atoms with Crippen molar-refractivity contribution in [1.82, 2.24) is 20.1 Å². The molecular weight excluding hydrogens is 363 g/mol. The Morgan fingerprint density at radius 2 is 2.07 bits per heavy atom. The molecule has 5 nitrogen and oxygen atoms in total. The van der Waals surface area contributed by atoms with Crippen LogP contribution in [0.25, 0.3) is 11.4 Å². The molecule has 1 aromatic heterocycles. The predicted octanol–water partition coefficient (Wildman–Crippen LogP) is 3.80. The Hall–Kier alpha value is -2.80. The second kappa shape index (κ2) is 8.73. The molecule has 1 heterocycles. The number of H-pyrrole nitrogens is 1. The van der Waals surface area contributed by atoms with Crippen LogP contribution in [0, 0.1) is 17.5 Å². The number of hydrogen-bond donors (Lipinski definition) is 2. The van der Waals surface area contributed by atoms with Crippen molar-refractivity contribution in [2.45, 2.75) is 26.3 Å². The highest BCUT2D eigenvalue weighted by Gasteiger charge is 2.11. The summed E-state index contributed by atoms with van der Waals surface area (Å²) < 4.78 is 15.9. The van der Waals surface area contributed by atoms with Gasteiger partial charge < -0.3 is 5.32 Å². The number of nitrogens with one attached hydrogen (secondary N) is 2. The molecule has 0 aliphatic carbocycles. The maximum absolute atomic E-state index is 13.6. The lowest BCUT2D eigenvalue weighted by atomic mass is 10.1. The summed E-state index contributed by atoms with van der Waals surface area (Å²) in [5, 5.41) is 9.91. The lowest BCUT2D eigenvalue weighted by molar-refractivity contribution is -0.121. The van der Waals surface area contributed by atoms with E-state index in [1.165, 1.54) is 6.07 Å². The second-order valence-electron chi connectivity index (χ2n) is 6.31. The molecule has 7 heteroatoms. The summed E-state index contributed by atoms with van der Waals surface area (Å²) in [6.45, 7) is 2.82. The number of nitrogens with zero attached hydrogens (tertiary/aromatic N) is 2. The molecule has 2 N–H and O–H groups in total. The largest absolute Gasteiger partial charge is 0.356 e. The Bertz CT molecular complexity index is 995. The first-order valence-corrected chi connectivity index (χ1v) is 9.18. The minimum absolute atomic E-state index is 0.107. The molecule has 0 aliphatic rings. The van der Waals surface area contributed by atoms with E-state index in [4.69, 9.17) is 12.2 Å². The molecule has 0 bridgehead atoms. The third kappa shape index (κ3) is 4.89. The SMILES string of the molecule is Cc1cccc(-c2n[nH]c(=S)n2CCC(=O)NCCc2ccccc2F)c1.